The Balaban J connectivity index is 1.87. The Hall–Kier alpha value is -4.04. The molecule has 1 amide bonds. The van der Waals surface area contributed by atoms with Crippen LogP contribution in [0.15, 0.2) is 72.9 Å². The molecule has 8 heteroatoms. The standard InChI is InChI=1S/C23H20N2O6/c26-20(23(30)31)18(12-14-6-2-1-3-7-14)25-21(27)16-9-4-8-15(13-16)17-10-5-11-24-19(17)22(28)29/h1-11,13,18,20,26H,12H2,(H,25,27)(H,28,29)(H,30,31). The Morgan fingerprint density at radius 2 is 1.68 bits per heavy atom. The quantitative estimate of drug-likeness (QED) is 0.439. The number of aromatic nitrogens is 1. The normalized spacial score (nSPS) is 12.5. The zero-order chi connectivity index (χ0) is 22.4. The highest BCUT2D eigenvalue weighted by Gasteiger charge is 2.28. The number of carbonyl (C=O) groups excluding carboxylic acids is 1. The summed E-state index contributed by atoms with van der Waals surface area (Å²) in [6, 6.07) is 17.2. The number of nitrogens with one attached hydrogen (secondary N) is 1. The van der Waals surface area contributed by atoms with Gasteiger partial charge in [-0.15, -0.1) is 0 Å². The predicted molar refractivity (Wildman–Crippen MR) is 112 cm³/mol. The number of nitrogens with zero attached hydrogens (tertiary/aromatic N) is 1. The fraction of sp³-hybridized carbons (Fsp3) is 0.130. The highest BCUT2D eigenvalue weighted by Crippen LogP contribution is 2.23. The fourth-order valence-electron chi connectivity index (χ4n) is 3.17. The maximum atomic E-state index is 12.8. The number of carbonyl (C=O) groups is 3. The van der Waals surface area contributed by atoms with E-state index in [1.54, 1.807) is 54.6 Å². The van der Waals surface area contributed by atoms with Gasteiger partial charge in [0.1, 0.15) is 0 Å². The smallest absolute Gasteiger partial charge is 0.355 e. The van der Waals surface area contributed by atoms with Crippen LogP contribution >= 0.6 is 0 Å². The zero-order valence-corrected chi connectivity index (χ0v) is 16.3. The van der Waals surface area contributed by atoms with Crippen molar-refractivity contribution in [2.24, 2.45) is 0 Å². The first-order chi connectivity index (χ1) is 14.9. The van der Waals surface area contributed by atoms with Crippen LogP contribution in [-0.4, -0.2) is 50.3 Å². The molecule has 0 radical (unpaired) electrons. The van der Waals surface area contributed by atoms with Gasteiger partial charge < -0.3 is 20.6 Å². The number of aliphatic hydroxyl groups is 1. The summed E-state index contributed by atoms with van der Waals surface area (Å²) in [5.41, 5.74) is 1.60. The van der Waals surface area contributed by atoms with Gasteiger partial charge in [0.15, 0.2) is 11.8 Å². The van der Waals surface area contributed by atoms with Crippen LogP contribution in [0.5, 0.6) is 0 Å². The average Bonchev–Trinajstić information content (AvgIpc) is 2.78. The molecule has 3 aromatic rings. The summed E-state index contributed by atoms with van der Waals surface area (Å²) < 4.78 is 0. The lowest BCUT2D eigenvalue weighted by Gasteiger charge is -2.22. The SMILES string of the molecule is O=C(NC(Cc1ccccc1)C(O)C(=O)O)c1cccc(-c2cccnc2C(=O)O)c1. The molecule has 3 rings (SSSR count). The Kier molecular flexibility index (Phi) is 6.74. The largest absolute Gasteiger partial charge is 0.479 e. The van der Waals surface area contributed by atoms with E-state index in [0.29, 0.717) is 11.1 Å². The van der Waals surface area contributed by atoms with Crippen molar-refractivity contribution < 1.29 is 29.7 Å². The molecule has 0 saturated carbocycles. The van der Waals surface area contributed by atoms with Crippen molar-refractivity contribution in [1.82, 2.24) is 10.3 Å². The van der Waals surface area contributed by atoms with E-state index in [9.17, 15) is 29.7 Å². The van der Waals surface area contributed by atoms with Gasteiger partial charge in [-0.05, 0) is 35.7 Å². The molecule has 0 aliphatic rings. The maximum absolute atomic E-state index is 12.8. The molecule has 0 aliphatic heterocycles. The summed E-state index contributed by atoms with van der Waals surface area (Å²) in [5, 5.41) is 31.2. The van der Waals surface area contributed by atoms with Crippen molar-refractivity contribution in [1.29, 1.82) is 0 Å². The number of aliphatic carboxylic acids is 1. The molecule has 0 saturated heterocycles. The van der Waals surface area contributed by atoms with E-state index in [-0.39, 0.29) is 17.7 Å². The van der Waals surface area contributed by atoms with Gasteiger partial charge in [-0.2, -0.15) is 0 Å². The third-order valence-corrected chi connectivity index (χ3v) is 4.70. The molecule has 0 aliphatic carbocycles. The highest BCUT2D eigenvalue weighted by atomic mass is 16.4. The number of amides is 1. The summed E-state index contributed by atoms with van der Waals surface area (Å²) in [4.78, 5) is 39.5. The lowest BCUT2D eigenvalue weighted by Crippen LogP contribution is -2.48. The second kappa shape index (κ2) is 9.64. The third kappa shape index (κ3) is 5.31. The van der Waals surface area contributed by atoms with Crippen LogP contribution < -0.4 is 5.32 Å². The van der Waals surface area contributed by atoms with Gasteiger partial charge >= 0.3 is 11.9 Å². The molecule has 1 heterocycles. The van der Waals surface area contributed by atoms with E-state index in [1.165, 1.54) is 18.3 Å². The van der Waals surface area contributed by atoms with Crippen LogP contribution in [0.3, 0.4) is 0 Å². The van der Waals surface area contributed by atoms with Crippen molar-refractivity contribution in [2.45, 2.75) is 18.6 Å². The van der Waals surface area contributed by atoms with Crippen molar-refractivity contribution >= 4 is 17.8 Å². The number of rotatable bonds is 8. The lowest BCUT2D eigenvalue weighted by atomic mass is 9.99. The Bertz CT molecular complexity index is 1100. The Morgan fingerprint density at radius 1 is 0.935 bits per heavy atom. The molecule has 2 aromatic carbocycles. The summed E-state index contributed by atoms with van der Waals surface area (Å²) in [6.45, 7) is 0. The molecule has 1 aromatic heterocycles. The van der Waals surface area contributed by atoms with E-state index in [2.05, 4.69) is 10.3 Å². The molecule has 0 fully saturated rings. The number of carboxylic acid groups (broad SMARTS) is 2. The predicted octanol–water partition coefficient (Wildman–Crippen LogP) is 2.23. The molecular weight excluding hydrogens is 400 g/mol. The Morgan fingerprint density at radius 3 is 2.35 bits per heavy atom. The van der Waals surface area contributed by atoms with Gasteiger partial charge in [0.05, 0.1) is 6.04 Å². The van der Waals surface area contributed by atoms with Crippen molar-refractivity contribution in [2.75, 3.05) is 0 Å². The van der Waals surface area contributed by atoms with Crippen molar-refractivity contribution in [3.63, 3.8) is 0 Å². The van der Waals surface area contributed by atoms with Crippen molar-refractivity contribution in [3.05, 3.63) is 89.7 Å². The van der Waals surface area contributed by atoms with E-state index < -0.39 is 30.0 Å². The lowest BCUT2D eigenvalue weighted by molar-refractivity contribution is -0.148. The summed E-state index contributed by atoms with van der Waals surface area (Å²) in [6.07, 6.45) is -0.319. The van der Waals surface area contributed by atoms with E-state index >= 15 is 0 Å². The third-order valence-electron chi connectivity index (χ3n) is 4.70. The fourth-order valence-corrected chi connectivity index (χ4v) is 3.17. The Labute approximate surface area is 177 Å². The van der Waals surface area contributed by atoms with Crippen LogP contribution in [0.4, 0.5) is 0 Å². The number of aliphatic hydroxyl groups excluding tert-OH is 1. The van der Waals surface area contributed by atoms with Gasteiger partial charge in [0.25, 0.3) is 5.91 Å². The monoisotopic (exact) mass is 420 g/mol. The zero-order valence-electron chi connectivity index (χ0n) is 16.3. The average molecular weight is 420 g/mol. The minimum atomic E-state index is -1.80. The molecule has 8 nitrogen and oxygen atoms in total. The number of hydrogen-bond acceptors (Lipinski definition) is 5. The minimum absolute atomic E-state index is 0.117. The van der Waals surface area contributed by atoms with Gasteiger partial charge in [0, 0.05) is 17.3 Å². The second-order valence-corrected chi connectivity index (χ2v) is 6.84. The molecule has 31 heavy (non-hydrogen) atoms. The van der Waals surface area contributed by atoms with Crippen LogP contribution in [-0.2, 0) is 11.2 Å². The molecule has 0 bridgehead atoms. The highest BCUT2D eigenvalue weighted by molar-refractivity contribution is 5.98. The summed E-state index contributed by atoms with van der Waals surface area (Å²) in [7, 11) is 0. The number of aromatic carboxylic acids is 1. The molecular formula is C23H20N2O6. The van der Waals surface area contributed by atoms with Crippen LogP contribution in [0.1, 0.15) is 26.4 Å². The molecule has 158 valence electrons. The molecule has 4 N–H and O–H groups in total. The van der Waals surface area contributed by atoms with Gasteiger partial charge in [-0.25, -0.2) is 14.6 Å². The van der Waals surface area contributed by atoms with E-state index in [1.807, 2.05) is 0 Å². The van der Waals surface area contributed by atoms with Crippen LogP contribution in [0.2, 0.25) is 0 Å². The van der Waals surface area contributed by atoms with Crippen LogP contribution in [0.25, 0.3) is 11.1 Å². The van der Waals surface area contributed by atoms with E-state index in [0.717, 1.165) is 5.56 Å². The first-order valence-electron chi connectivity index (χ1n) is 9.41. The van der Waals surface area contributed by atoms with E-state index in [4.69, 9.17) is 0 Å². The number of carboxylic acids is 2. The number of pyridine rings is 1. The van der Waals surface area contributed by atoms with Crippen molar-refractivity contribution in [3.8, 4) is 11.1 Å². The van der Waals surface area contributed by atoms with Gasteiger partial charge in [-0.1, -0.05) is 48.5 Å². The molecule has 2 unspecified atom stereocenters. The number of hydrogen-bond donors (Lipinski definition) is 4. The summed E-state index contributed by atoms with van der Waals surface area (Å²) >= 11 is 0. The maximum Gasteiger partial charge on any atom is 0.355 e. The number of benzene rings is 2. The first kappa shape index (κ1) is 21.7. The van der Waals surface area contributed by atoms with Crippen LogP contribution in [0, 0.1) is 0 Å². The second-order valence-electron chi connectivity index (χ2n) is 6.84. The van der Waals surface area contributed by atoms with Gasteiger partial charge in [0.2, 0.25) is 0 Å². The van der Waals surface area contributed by atoms with Gasteiger partial charge in [-0.3, -0.25) is 4.79 Å². The summed E-state index contributed by atoms with van der Waals surface area (Å²) in [5.74, 6) is -3.24. The topological polar surface area (TPSA) is 137 Å². The first-order valence-corrected chi connectivity index (χ1v) is 9.41. The molecule has 2 atom stereocenters. The molecule has 0 spiro atoms. The minimum Gasteiger partial charge on any atom is -0.479 e.